The van der Waals surface area contributed by atoms with Crippen LogP contribution in [0.1, 0.15) is 23.3 Å². The largest absolute Gasteiger partial charge is 0.382 e. The molecule has 2 rings (SSSR count). The first kappa shape index (κ1) is 17.9. The summed E-state index contributed by atoms with van der Waals surface area (Å²) in [6.45, 7) is 2.68. The molecule has 1 aromatic heterocycles. The number of rotatable bonds is 3. The molecule has 1 saturated heterocycles. The van der Waals surface area contributed by atoms with Gasteiger partial charge in [0.1, 0.15) is 0 Å². The van der Waals surface area contributed by atoms with E-state index in [4.69, 9.17) is 5.73 Å². The fraction of sp³-hybridized carbons (Fsp3) is 0.545. The van der Waals surface area contributed by atoms with E-state index in [1.165, 1.54) is 12.4 Å². The Morgan fingerprint density at radius 2 is 2.16 bits per heavy atom. The number of carbonyl (C=O) groups excluding carboxylic acids is 1. The predicted molar refractivity (Wildman–Crippen MR) is 78.9 cm³/mol. The van der Waals surface area contributed by atoms with Crippen molar-refractivity contribution in [2.45, 2.75) is 12.8 Å². The third-order valence-corrected chi connectivity index (χ3v) is 2.89. The summed E-state index contributed by atoms with van der Waals surface area (Å²) in [5, 5.41) is 6.15. The average Bonchev–Trinajstić information content (AvgIpc) is 2.38. The number of anilines is 1. The van der Waals surface area contributed by atoms with Crippen LogP contribution < -0.4 is 16.4 Å². The maximum atomic E-state index is 11.8. The molecular formula is C11H19Cl2N5O. The Labute approximate surface area is 124 Å². The Hall–Kier alpha value is -1.11. The van der Waals surface area contributed by atoms with Crippen molar-refractivity contribution >= 4 is 36.5 Å². The van der Waals surface area contributed by atoms with Crippen molar-refractivity contribution in [3.63, 3.8) is 0 Å². The van der Waals surface area contributed by atoms with Gasteiger partial charge in [-0.25, -0.2) is 9.97 Å². The van der Waals surface area contributed by atoms with Gasteiger partial charge in [0.25, 0.3) is 5.91 Å². The Balaban J connectivity index is 0.00000162. The molecule has 108 valence electrons. The van der Waals surface area contributed by atoms with Gasteiger partial charge in [-0.2, -0.15) is 0 Å². The summed E-state index contributed by atoms with van der Waals surface area (Å²) in [5.74, 6) is 0.415. The zero-order valence-corrected chi connectivity index (χ0v) is 12.1. The lowest BCUT2D eigenvalue weighted by molar-refractivity contribution is 0.0940. The van der Waals surface area contributed by atoms with Crippen LogP contribution in [-0.4, -0.2) is 35.5 Å². The minimum atomic E-state index is -0.249. The highest BCUT2D eigenvalue weighted by Crippen LogP contribution is 2.09. The molecule has 6 nitrogen and oxygen atoms in total. The highest BCUT2D eigenvalue weighted by atomic mass is 35.5. The highest BCUT2D eigenvalue weighted by Gasteiger charge is 2.16. The number of amides is 1. The molecule has 1 amide bonds. The molecule has 19 heavy (non-hydrogen) atoms. The minimum Gasteiger partial charge on any atom is -0.382 e. The molecule has 0 saturated carbocycles. The van der Waals surface area contributed by atoms with Gasteiger partial charge in [0, 0.05) is 18.9 Å². The summed E-state index contributed by atoms with van der Waals surface area (Å²) in [4.78, 5) is 19.6. The maximum Gasteiger partial charge on any atom is 0.273 e. The predicted octanol–water partition coefficient (Wildman–Crippen LogP) is 0.632. The van der Waals surface area contributed by atoms with Gasteiger partial charge in [-0.3, -0.25) is 4.79 Å². The average molecular weight is 308 g/mol. The number of hydrogen-bond acceptors (Lipinski definition) is 5. The topological polar surface area (TPSA) is 92.9 Å². The van der Waals surface area contributed by atoms with E-state index >= 15 is 0 Å². The quantitative estimate of drug-likeness (QED) is 0.762. The second-order valence-electron chi connectivity index (χ2n) is 4.21. The molecule has 0 aromatic carbocycles. The van der Waals surface area contributed by atoms with E-state index in [0.29, 0.717) is 12.5 Å². The fourth-order valence-corrected chi connectivity index (χ4v) is 1.94. The van der Waals surface area contributed by atoms with Crippen molar-refractivity contribution < 1.29 is 4.79 Å². The van der Waals surface area contributed by atoms with Crippen LogP contribution in [0.3, 0.4) is 0 Å². The number of nitrogen functional groups attached to an aromatic ring is 1. The van der Waals surface area contributed by atoms with E-state index in [2.05, 4.69) is 20.6 Å². The van der Waals surface area contributed by atoms with E-state index in [9.17, 15) is 4.79 Å². The third-order valence-electron chi connectivity index (χ3n) is 2.89. The summed E-state index contributed by atoms with van der Waals surface area (Å²) in [7, 11) is 0. The Morgan fingerprint density at radius 1 is 1.42 bits per heavy atom. The monoisotopic (exact) mass is 307 g/mol. The van der Waals surface area contributed by atoms with E-state index < -0.39 is 0 Å². The van der Waals surface area contributed by atoms with Crippen molar-refractivity contribution in [3.05, 3.63) is 18.1 Å². The van der Waals surface area contributed by atoms with Crippen LogP contribution in [0.15, 0.2) is 12.4 Å². The number of halogens is 2. The van der Waals surface area contributed by atoms with Crippen LogP contribution in [0, 0.1) is 5.92 Å². The van der Waals surface area contributed by atoms with Crippen LogP contribution in [0.4, 0.5) is 5.82 Å². The number of nitrogens with two attached hydrogens (primary N) is 1. The van der Waals surface area contributed by atoms with Gasteiger partial charge in [-0.1, -0.05) is 0 Å². The van der Waals surface area contributed by atoms with E-state index in [1.54, 1.807) is 0 Å². The van der Waals surface area contributed by atoms with Gasteiger partial charge in [0.15, 0.2) is 11.5 Å². The number of aromatic nitrogens is 2. The Bertz CT molecular complexity index is 398. The normalized spacial score (nSPS) is 17.8. The van der Waals surface area contributed by atoms with Crippen molar-refractivity contribution in [3.8, 4) is 0 Å². The SMILES string of the molecule is Cl.Cl.Nc1nccnc1C(=O)NCC1CCCNC1. The highest BCUT2D eigenvalue weighted by molar-refractivity contribution is 5.96. The number of carbonyl (C=O) groups is 1. The first-order chi connectivity index (χ1) is 8.27. The van der Waals surface area contributed by atoms with Crippen LogP contribution in [0.25, 0.3) is 0 Å². The van der Waals surface area contributed by atoms with Gasteiger partial charge in [0.2, 0.25) is 0 Å². The summed E-state index contributed by atoms with van der Waals surface area (Å²) >= 11 is 0. The van der Waals surface area contributed by atoms with Gasteiger partial charge < -0.3 is 16.4 Å². The van der Waals surface area contributed by atoms with Gasteiger partial charge in [-0.05, 0) is 31.8 Å². The maximum absolute atomic E-state index is 11.8. The van der Waals surface area contributed by atoms with Gasteiger partial charge >= 0.3 is 0 Å². The second kappa shape index (κ2) is 8.90. The molecule has 0 bridgehead atoms. The van der Waals surface area contributed by atoms with Gasteiger partial charge in [0.05, 0.1) is 0 Å². The standard InChI is InChI=1S/C11H17N5O.2ClH/c12-10-9(14-4-5-15-10)11(17)16-7-8-2-1-3-13-6-8;;/h4-5,8,13H,1-3,6-7H2,(H2,12,15)(H,16,17);2*1H. The van der Waals surface area contributed by atoms with Crippen molar-refractivity contribution in [1.82, 2.24) is 20.6 Å². The summed E-state index contributed by atoms with van der Waals surface area (Å²) in [6, 6.07) is 0. The van der Waals surface area contributed by atoms with Crippen LogP contribution >= 0.6 is 24.8 Å². The number of nitrogens with one attached hydrogen (secondary N) is 2. The Morgan fingerprint density at radius 3 is 2.79 bits per heavy atom. The molecule has 2 heterocycles. The van der Waals surface area contributed by atoms with E-state index in [-0.39, 0.29) is 42.2 Å². The fourth-order valence-electron chi connectivity index (χ4n) is 1.94. The molecule has 0 spiro atoms. The summed E-state index contributed by atoms with van der Waals surface area (Å²) in [5.41, 5.74) is 5.79. The zero-order chi connectivity index (χ0) is 12.1. The Kier molecular flexibility index (Phi) is 8.38. The molecule has 0 aliphatic carbocycles. The first-order valence-corrected chi connectivity index (χ1v) is 5.83. The smallest absolute Gasteiger partial charge is 0.273 e. The molecule has 1 atom stereocenters. The molecule has 1 aliphatic rings. The van der Waals surface area contributed by atoms with Gasteiger partial charge in [-0.15, -0.1) is 24.8 Å². The molecule has 0 radical (unpaired) electrons. The number of hydrogen-bond donors (Lipinski definition) is 3. The van der Waals surface area contributed by atoms with Crippen molar-refractivity contribution in [2.75, 3.05) is 25.4 Å². The van der Waals surface area contributed by atoms with Crippen molar-refractivity contribution in [2.24, 2.45) is 5.92 Å². The lowest BCUT2D eigenvalue weighted by Gasteiger charge is -2.22. The summed E-state index contributed by atoms with van der Waals surface area (Å²) < 4.78 is 0. The lowest BCUT2D eigenvalue weighted by Crippen LogP contribution is -2.38. The molecule has 1 aromatic rings. The van der Waals surface area contributed by atoms with Crippen LogP contribution in [-0.2, 0) is 0 Å². The number of piperidine rings is 1. The van der Waals surface area contributed by atoms with E-state index in [0.717, 1.165) is 25.9 Å². The van der Waals surface area contributed by atoms with Crippen LogP contribution in [0.5, 0.6) is 0 Å². The van der Waals surface area contributed by atoms with E-state index in [1.807, 2.05) is 0 Å². The number of nitrogens with zero attached hydrogens (tertiary/aromatic N) is 2. The third kappa shape index (κ3) is 5.18. The minimum absolute atomic E-state index is 0. The second-order valence-corrected chi connectivity index (χ2v) is 4.21. The molecule has 1 aliphatic heterocycles. The molecular weight excluding hydrogens is 289 g/mol. The molecule has 8 heteroatoms. The zero-order valence-electron chi connectivity index (χ0n) is 10.5. The van der Waals surface area contributed by atoms with Crippen LogP contribution in [0.2, 0.25) is 0 Å². The summed E-state index contributed by atoms with van der Waals surface area (Å²) in [6.07, 6.45) is 5.24. The van der Waals surface area contributed by atoms with Crippen molar-refractivity contribution in [1.29, 1.82) is 0 Å². The molecule has 1 fully saturated rings. The lowest BCUT2D eigenvalue weighted by atomic mass is 10.00. The molecule has 4 N–H and O–H groups in total. The molecule has 1 unspecified atom stereocenters. The first-order valence-electron chi connectivity index (χ1n) is 5.83.